The molecular weight excluding hydrogens is 184 g/mol. The number of carbonyl (C=O) groups is 2. The average Bonchev–Trinajstić information content (AvgIpc) is 2.21. The normalized spacial score (nSPS) is 9.64. The van der Waals surface area contributed by atoms with Gasteiger partial charge in [0.05, 0.1) is 6.54 Å². The van der Waals surface area contributed by atoms with Crippen LogP contribution in [0.3, 0.4) is 0 Å². The molecule has 0 fully saturated rings. The summed E-state index contributed by atoms with van der Waals surface area (Å²) in [5.74, 6) is -0.359. The van der Waals surface area contributed by atoms with E-state index in [4.69, 9.17) is 4.74 Å². The Balaban J connectivity index is 3.61. The van der Waals surface area contributed by atoms with Crippen LogP contribution in [0, 0.1) is 0 Å². The Morgan fingerprint density at radius 3 is 2.50 bits per heavy atom. The van der Waals surface area contributed by atoms with Gasteiger partial charge in [0.1, 0.15) is 6.61 Å². The second-order valence-electron chi connectivity index (χ2n) is 2.82. The van der Waals surface area contributed by atoms with Crippen molar-refractivity contribution in [2.75, 3.05) is 33.4 Å². The lowest BCUT2D eigenvalue weighted by atomic mass is 10.5. The molecule has 5 heteroatoms. The van der Waals surface area contributed by atoms with Gasteiger partial charge in [0.15, 0.2) is 0 Å². The van der Waals surface area contributed by atoms with Crippen LogP contribution in [-0.4, -0.2) is 50.1 Å². The zero-order valence-corrected chi connectivity index (χ0v) is 9.00. The van der Waals surface area contributed by atoms with Crippen LogP contribution >= 0.6 is 0 Å². The van der Waals surface area contributed by atoms with Crippen molar-refractivity contribution in [3.05, 3.63) is 0 Å². The highest BCUT2D eigenvalue weighted by Crippen LogP contribution is 1.82. The van der Waals surface area contributed by atoms with E-state index in [1.54, 1.807) is 11.9 Å². The predicted octanol–water partition coefficient (Wildman–Crippen LogP) is -0.383. The number of rotatable bonds is 6. The monoisotopic (exact) mass is 202 g/mol. The fraction of sp³-hybridized carbons (Fsp3) is 0.778. The van der Waals surface area contributed by atoms with Crippen molar-refractivity contribution < 1.29 is 14.3 Å². The Kier molecular flexibility index (Phi) is 6.74. The van der Waals surface area contributed by atoms with Crippen LogP contribution in [-0.2, 0) is 14.3 Å². The number of hydrogen-bond acceptors (Lipinski definition) is 3. The lowest BCUT2D eigenvalue weighted by Crippen LogP contribution is -2.39. The van der Waals surface area contributed by atoms with E-state index in [0.717, 1.165) is 0 Å². The summed E-state index contributed by atoms with van der Waals surface area (Å²) in [5.41, 5.74) is 0. The summed E-state index contributed by atoms with van der Waals surface area (Å²) in [4.78, 5) is 23.8. The second-order valence-corrected chi connectivity index (χ2v) is 2.82. The molecule has 0 aromatic rings. The first kappa shape index (κ1) is 12.9. The van der Waals surface area contributed by atoms with Gasteiger partial charge in [-0.05, 0) is 13.8 Å². The van der Waals surface area contributed by atoms with E-state index < -0.39 is 0 Å². The largest absolute Gasteiger partial charge is 0.372 e. The van der Waals surface area contributed by atoms with Crippen LogP contribution in [0.1, 0.15) is 13.8 Å². The van der Waals surface area contributed by atoms with Gasteiger partial charge >= 0.3 is 0 Å². The van der Waals surface area contributed by atoms with Crippen LogP contribution in [0.2, 0.25) is 0 Å². The van der Waals surface area contributed by atoms with Gasteiger partial charge in [0.2, 0.25) is 11.8 Å². The zero-order chi connectivity index (χ0) is 11.0. The maximum Gasteiger partial charge on any atom is 0.246 e. The fourth-order valence-electron chi connectivity index (χ4n) is 0.731. The molecule has 14 heavy (non-hydrogen) atoms. The number of ether oxygens (including phenoxy) is 1. The first-order valence-electron chi connectivity index (χ1n) is 4.70. The van der Waals surface area contributed by atoms with Crippen LogP contribution in [0.15, 0.2) is 0 Å². The van der Waals surface area contributed by atoms with Gasteiger partial charge in [-0.2, -0.15) is 0 Å². The van der Waals surface area contributed by atoms with E-state index in [-0.39, 0.29) is 25.0 Å². The minimum atomic E-state index is -0.260. The Morgan fingerprint density at radius 2 is 2.00 bits per heavy atom. The number of likely N-dealkylation sites (N-methyl/N-ethyl adjacent to an activating group) is 1. The van der Waals surface area contributed by atoms with E-state index in [1.165, 1.54) is 0 Å². The summed E-state index contributed by atoms with van der Waals surface area (Å²) < 4.78 is 4.88. The molecule has 82 valence electrons. The molecule has 0 radical (unpaired) electrons. The average molecular weight is 202 g/mol. The van der Waals surface area contributed by atoms with Crippen molar-refractivity contribution in [3.63, 3.8) is 0 Å². The third-order valence-corrected chi connectivity index (χ3v) is 1.77. The third kappa shape index (κ3) is 5.53. The predicted molar refractivity (Wildman–Crippen MR) is 52.8 cm³/mol. The Labute approximate surface area is 84.4 Å². The van der Waals surface area contributed by atoms with E-state index in [1.807, 2.05) is 13.8 Å². The van der Waals surface area contributed by atoms with Crippen molar-refractivity contribution in [1.82, 2.24) is 10.2 Å². The molecule has 1 N–H and O–H groups in total. The Hall–Kier alpha value is -1.10. The molecule has 0 aliphatic rings. The van der Waals surface area contributed by atoms with Crippen LogP contribution < -0.4 is 5.32 Å². The summed E-state index contributed by atoms with van der Waals surface area (Å²) >= 11 is 0. The van der Waals surface area contributed by atoms with E-state index in [0.29, 0.717) is 13.2 Å². The quantitative estimate of drug-likeness (QED) is 0.638. The van der Waals surface area contributed by atoms with Gasteiger partial charge in [-0.15, -0.1) is 0 Å². The fourth-order valence-corrected chi connectivity index (χ4v) is 0.731. The molecule has 0 bridgehead atoms. The molecule has 0 aliphatic heterocycles. The van der Waals surface area contributed by atoms with E-state index in [9.17, 15) is 9.59 Å². The summed E-state index contributed by atoms with van der Waals surface area (Å²) in [5, 5.41) is 2.48. The van der Waals surface area contributed by atoms with Crippen molar-refractivity contribution in [1.29, 1.82) is 0 Å². The summed E-state index contributed by atoms with van der Waals surface area (Å²) in [6.07, 6.45) is 0. The lowest BCUT2D eigenvalue weighted by Gasteiger charge is -2.14. The minimum absolute atomic E-state index is 0.0135. The van der Waals surface area contributed by atoms with Crippen molar-refractivity contribution >= 4 is 11.8 Å². The van der Waals surface area contributed by atoms with Gasteiger partial charge in [-0.1, -0.05) is 0 Å². The Bertz CT molecular complexity index is 194. The van der Waals surface area contributed by atoms with Gasteiger partial charge in [-0.3, -0.25) is 9.59 Å². The smallest absolute Gasteiger partial charge is 0.246 e. The lowest BCUT2D eigenvalue weighted by molar-refractivity contribution is -0.133. The van der Waals surface area contributed by atoms with E-state index in [2.05, 4.69) is 5.32 Å². The first-order valence-corrected chi connectivity index (χ1v) is 4.70. The highest BCUT2D eigenvalue weighted by Gasteiger charge is 2.08. The maximum atomic E-state index is 11.2. The highest BCUT2D eigenvalue weighted by molar-refractivity contribution is 5.85. The van der Waals surface area contributed by atoms with Gasteiger partial charge in [-0.25, -0.2) is 0 Å². The van der Waals surface area contributed by atoms with Crippen molar-refractivity contribution in [2.45, 2.75) is 13.8 Å². The van der Waals surface area contributed by atoms with Gasteiger partial charge < -0.3 is 15.0 Å². The molecule has 0 unspecified atom stereocenters. The molecule has 0 atom stereocenters. The summed E-state index contributed by atoms with van der Waals surface area (Å²) in [7, 11) is 1.69. The van der Waals surface area contributed by atoms with Gasteiger partial charge in [0, 0.05) is 20.2 Å². The van der Waals surface area contributed by atoms with Crippen molar-refractivity contribution in [2.24, 2.45) is 0 Å². The number of amides is 2. The number of carbonyl (C=O) groups excluding carboxylic acids is 2. The zero-order valence-electron chi connectivity index (χ0n) is 9.00. The van der Waals surface area contributed by atoms with Crippen LogP contribution in [0.4, 0.5) is 0 Å². The van der Waals surface area contributed by atoms with Crippen LogP contribution in [0.5, 0.6) is 0 Å². The summed E-state index contributed by atoms with van der Waals surface area (Å²) in [6.45, 7) is 4.87. The summed E-state index contributed by atoms with van der Waals surface area (Å²) in [6, 6.07) is 0. The topological polar surface area (TPSA) is 58.6 Å². The first-order chi connectivity index (χ1) is 6.61. The standard InChI is InChI=1S/C9H18N2O3/c1-4-11(3)9(13)6-10-8(12)7-14-5-2/h4-7H2,1-3H3,(H,10,12). The minimum Gasteiger partial charge on any atom is -0.372 e. The molecule has 0 saturated heterocycles. The van der Waals surface area contributed by atoms with Crippen molar-refractivity contribution in [3.8, 4) is 0 Å². The molecule has 0 spiro atoms. The maximum absolute atomic E-state index is 11.2. The molecule has 5 nitrogen and oxygen atoms in total. The molecule has 0 aromatic carbocycles. The van der Waals surface area contributed by atoms with Crippen LogP contribution in [0.25, 0.3) is 0 Å². The highest BCUT2D eigenvalue weighted by atomic mass is 16.5. The number of nitrogens with one attached hydrogen (secondary N) is 1. The molecule has 0 rings (SSSR count). The SMILES string of the molecule is CCOCC(=O)NCC(=O)N(C)CC. The molecule has 0 aliphatic carbocycles. The molecule has 0 saturated carbocycles. The molecule has 0 aromatic heterocycles. The molecule has 0 heterocycles. The van der Waals surface area contributed by atoms with E-state index >= 15 is 0 Å². The number of hydrogen-bond donors (Lipinski definition) is 1. The second kappa shape index (κ2) is 7.32. The third-order valence-electron chi connectivity index (χ3n) is 1.77. The Morgan fingerprint density at radius 1 is 1.36 bits per heavy atom. The molecular formula is C9H18N2O3. The number of nitrogens with zero attached hydrogens (tertiary/aromatic N) is 1. The van der Waals surface area contributed by atoms with Gasteiger partial charge in [0.25, 0.3) is 0 Å². The molecule has 2 amide bonds.